The second kappa shape index (κ2) is 7.54. The molecule has 0 saturated carbocycles. The molecule has 0 heterocycles. The summed E-state index contributed by atoms with van der Waals surface area (Å²) in [6, 6.07) is 10.3. The first-order valence-corrected chi connectivity index (χ1v) is 4.45. The van der Waals surface area contributed by atoms with Crippen molar-refractivity contribution in [3.63, 3.8) is 0 Å². The highest BCUT2D eigenvalue weighted by Crippen LogP contribution is 2.01. The topological polar surface area (TPSA) is 87.1 Å². The predicted octanol–water partition coefficient (Wildman–Crippen LogP) is 1.17. The number of rotatable bonds is 3. The quantitative estimate of drug-likeness (QED) is 0.777. The lowest BCUT2D eigenvalue weighted by Crippen LogP contribution is -2.32. The molecule has 0 aliphatic carbocycles. The predicted molar refractivity (Wildman–Crippen MR) is 57.0 cm³/mol. The molecule has 4 nitrogen and oxygen atoms in total. The molecular formula is C11H14N2O2. The van der Waals surface area contributed by atoms with Crippen LogP contribution in [0.3, 0.4) is 0 Å². The smallest absolute Gasteiger partial charge is 0.320 e. The van der Waals surface area contributed by atoms with E-state index in [0.29, 0.717) is 6.42 Å². The highest BCUT2D eigenvalue weighted by Gasteiger charge is 2.10. The lowest BCUT2D eigenvalue weighted by molar-refractivity contribution is -0.138. The van der Waals surface area contributed by atoms with E-state index in [1.54, 1.807) is 6.07 Å². The van der Waals surface area contributed by atoms with Gasteiger partial charge in [-0.15, -0.1) is 0 Å². The van der Waals surface area contributed by atoms with Crippen molar-refractivity contribution in [2.45, 2.75) is 19.4 Å². The Morgan fingerprint density at radius 1 is 1.53 bits per heavy atom. The monoisotopic (exact) mass is 206 g/mol. The van der Waals surface area contributed by atoms with Crippen LogP contribution in [0.25, 0.3) is 0 Å². The number of hydrogen-bond donors (Lipinski definition) is 2. The summed E-state index contributed by atoms with van der Waals surface area (Å²) < 4.78 is 0. The molecule has 0 amide bonds. The third kappa shape index (κ3) is 6.24. The molecule has 0 spiro atoms. The number of carboxylic acids is 1. The lowest BCUT2D eigenvalue weighted by atomic mass is 10.1. The zero-order valence-corrected chi connectivity index (χ0v) is 8.55. The second-order valence-corrected chi connectivity index (χ2v) is 2.86. The normalized spacial score (nSPS) is 10.5. The Hall–Kier alpha value is -1.86. The first-order chi connectivity index (χ1) is 7.11. The van der Waals surface area contributed by atoms with E-state index in [1.165, 1.54) is 6.92 Å². The maximum Gasteiger partial charge on any atom is 0.320 e. The van der Waals surface area contributed by atoms with Gasteiger partial charge >= 0.3 is 5.97 Å². The van der Waals surface area contributed by atoms with Gasteiger partial charge in [-0.2, -0.15) is 5.26 Å². The highest BCUT2D eigenvalue weighted by molar-refractivity contribution is 5.73. The summed E-state index contributed by atoms with van der Waals surface area (Å²) in [6.45, 7) is 1.43. The summed E-state index contributed by atoms with van der Waals surface area (Å²) >= 11 is 0. The average Bonchev–Trinajstić information content (AvgIpc) is 2.20. The first kappa shape index (κ1) is 13.1. The maximum absolute atomic E-state index is 10.4. The van der Waals surface area contributed by atoms with Crippen LogP contribution in [-0.2, 0) is 11.2 Å². The van der Waals surface area contributed by atoms with Gasteiger partial charge in [0.2, 0.25) is 0 Å². The number of nitriles is 1. The summed E-state index contributed by atoms with van der Waals surface area (Å²) in [6.07, 6.45) is 0.385. The zero-order chi connectivity index (χ0) is 11.7. The standard InChI is InChI=1S/C9H11NO2.C2H3N/c10-8(9(11)12)6-7-4-2-1-3-5-7;1-2-3/h1-5,8H,6,10H2,(H,11,12);1H3. The molecule has 0 fully saturated rings. The minimum absolute atomic E-state index is 0.385. The minimum atomic E-state index is -0.959. The molecule has 0 aliphatic rings. The Bertz CT molecular complexity index is 330. The van der Waals surface area contributed by atoms with Crippen molar-refractivity contribution >= 4 is 5.97 Å². The van der Waals surface area contributed by atoms with E-state index >= 15 is 0 Å². The van der Waals surface area contributed by atoms with Gasteiger partial charge in [-0.25, -0.2) is 0 Å². The van der Waals surface area contributed by atoms with Crippen LogP contribution in [0.4, 0.5) is 0 Å². The molecule has 4 heteroatoms. The number of hydrogen-bond acceptors (Lipinski definition) is 3. The van der Waals surface area contributed by atoms with Gasteiger partial charge in [-0.3, -0.25) is 4.79 Å². The van der Waals surface area contributed by atoms with Gasteiger partial charge in [-0.1, -0.05) is 30.3 Å². The van der Waals surface area contributed by atoms with Crippen LogP contribution in [0.1, 0.15) is 12.5 Å². The summed E-state index contributed by atoms with van der Waals surface area (Å²) in [4.78, 5) is 10.4. The van der Waals surface area contributed by atoms with Gasteiger partial charge in [0.25, 0.3) is 0 Å². The van der Waals surface area contributed by atoms with Crippen LogP contribution in [0.5, 0.6) is 0 Å². The Balaban J connectivity index is 0.000000583. The minimum Gasteiger partial charge on any atom is -0.480 e. The van der Waals surface area contributed by atoms with E-state index in [-0.39, 0.29) is 0 Å². The number of benzene rings is 1. The van der Waals surface area contributed by atoms with Crippen LogP contribution < -0.4 is 5.73 Å². The average molecular weight is 206 g/mol. The molecule has 1 rings (SSSR count). The van der Waals surface area contributed by atoms with Crippen molar-refractivity contribution in [3.05, 3.63) is 35.9 Å². The fraction of sp³-hybridized carbons (Fsp3) is 0.273. The van der Waals surface area contributed by atoms with Crippen LogP contribution in [0.2, 0.25) is 0 Å². The third-order valence-electron chi connectivity index (χ3n) is 1.62. The van der Waals surface area contributed by atoms with E-state index in [2.05, 4.69) is 0 Å². The van der Waals surface area contributed by atoms with Crippen molar-refractivity contribution in [1.82, 2.24) is 0 Å². The SMILES string of the molecule is CC#N.NC(Cc1ccccc1)C(=O)O. The van der Waals surface area contributed by atoms with E-state index in [0.717, 1.165) is 5.56 Å². The van der Waals surface area contributed by atoms with E-state index in [4.69, 9.17) is 16.1 Å². The van der Waals surface area contributed by atoms with Gasteiger partial charge in [-0.05, 0) is 12.0 Å². The summed E-state index contributed by atoms with van der Waals surface area (Å²) in [5.74, 6) is -0.959. The van der Waals surface area contributed by atoms with E-state index < -0.39 is 12.0 Å². The molecule has 1 aromatic carbocycles. The summed E-state index contributed by atoms with van der Waals surface area (Å²) in [7, 11) is 0. The number of carbonyl (C=O) groups is 1. The van der Waals surface area contributed by atoms with Gasteiger partial charge < -0.3 is 10.8 Å². The van der Waals surface area contributed by atoms with E-state index in [1.807, 2.05) is 30.3 Å². The molecule has 1 atom stereocenters. The third-order valence-corrected chi connectivity index (χ3v) is 1.62. The molecular weight excluding hydrogens is 192 g/mol. The van der Waals surface area contributed by atoms with Crippen molar-refractivity contribution in [1.29, 1.82) is 5.26 Å². The Labute approximate surface area is 89.0 Å². The van der Waals surface area contributed by atoms with Crippen molar-refractivity contribution in [2.24, 2.45) is 5.73 Å². The maximum atomic E-state index is 10.4. The van der Waals surface area contributed by atoms with Crippen LogP contribution in [0.15, 0.2) is 30.3 Å². The van der Waals surface area contributed by atoms with Gasteiger partial charge in [0.15, 0.2) is 0 Å². The first-order valence-electron chi connectivity index (χ1n) is 4.45. The van der Waals surface area contributed by atoms with Crippen molar-refractivity contribution in [3.8, 4) is 6.07 Å². The summed E-state index contributed by atoms with van der Waals surface area (Å²) in [5.41, 5.74) is 6.30. The van der Waals surface area contributed by atoms with Crippen LogP contribution in [0, 0.1) is 11.3 Å². The van der Waals surface area contributed by atoms with Gasteiger partial charge in [0.1, 0.15) is 6.04 Å². The number of carboxylic acid groups (broad SMARTS) is 1. The molecule has 0 radical (unpaired) electrons. The fourth-order valence-corrected chi connectivity index (χ4v) is 0.955. The van der Waals surface area contributed by atoms with E-state index in [9.17, 15) is 4.79 Å². The molecule has 80 valence electrons. The number of aliphatic carboxylic acids is 1. The molecule has 0 bridgehead atoms. The highest BCUT2D eigenvalue weighted by atomic mass is 16.4. The molecule has 0 aliphatic heterocycles. The lowest BCUT2D eigenvalue weighted by Gasteiger charge is -2.04. The number of nitrogens with two attached hydrogens (primary N) is 1. The largest absolute Gasteiger partial charge is 0.480 e. The Morgan fingerprint density at radius 3 is 2.40 bits per heavy atom. The van der Waals surface area contributed by atoms with Gasteiger partial charge in [0, 0.05) is 6.92 Å². The second-order valence-electron chi connectivity index (χ2n) is 2.86. The Kier molecular flexibility index (Phi) is 6.60. The van der Waals surface area contributed by atoms with Crippen molar-refractivity contribution in [2.75, 3.05) is 0 Å². The molecule has 1 unspecified atom stereocenters. The molecule has 1 aromatic rings. The van der Waals surface area contributed by atoms with Crippen LogP contribution in [-0.4, -0.2) is 17.1 Å². The molecule has 3 N–H and O–H groups in total. The molecule has 0 saturated heterocycles. The zero-order valence-electron chi connectivity index (χ0n) is 8.55. The Morgan fingerprint density at radius 2 is 2.00 bits per heavy atom. The molecule has 15 heavy (non-hydrogen) atoms. The van der Waals surface area contributed by atoms with Gasteiger partial charge in [0.05, 0.1) is 6.07 Å². The summed E-state index contributed by atoms with van der Waals surface area (Å²) in [5, 5.41) is 15.8. The van der Waals surface area contributed by atoms with Crippen molar-refractivity contribution < 1.29 is 9.90 Å². The van der Waals surface area contributed by atoms with Crippen LogP contribution >= 0.6 is 0 Å². The fourth-order valence-electron chi connectivity index (χ4n) is 0.955. The number of nitrogens with zero attached hydrogens (tertiary/aromatic N) is 1. The molecule has 0 aromatic heterocycles.